The zero-order valence-corrected chi connectivity index (χ0v) is 11.3. The molecule has 0 spiro atoms. The third kappa shape index (κ3) is 2.04. The molecule has 0 atom stereocenters. The molecule has 0 bridgehead atoms. The number of rotatable bonds is 1. The lowest BCUT2D eigenvalue weighted by Gasteiger charge is -2.01. The maximum absolute atomic E-state index is 4.29. The van der Waals surface area contributed by atoms with E-state index in [1.54, 1.807) is 0 Å². The van der Waals surface area contributed by atoms with Crippen LogP contribution in [0.5, 0.6) is 0 Å². The van der Waals surface area contributed by atoms with E-state index in [9.17, 15) is 0 Å². The van der Waals surface area contributed by atoms with Crippen LogP contribution in [0.15, 0.2) is 27.4 Å². The molecular weight excluding hydrogens is 328 g/mol. The number of hydrogen-bond donors (Lipinski definition) is 0. The molecule has 0 aliphatic rings. The predicted octanol–water partition coefficient (Wildman–Crippen LogP) is 4.04. The van der Waals surface area contributed by atoms with Crippen LogP contribution in [0.2, 0.25) is 0 Å². The van der Waals surface area contributed by atoms with Gasteiger partial charge >= 0.3 is 0 Å². The minimum Gasteiger partial charge on any atom is -0.209 e. The van der Waals surface area contributed by atoms with Gasteiger partial charge in [-0.05, 0) is 52.1 Å². The van der Waals surface area contributed by atoms with Gasteiger partial charge in [-0.3, -0.25) is 0 Å². The van der Waals surface area contributed by atoms with E-state index >= 15 is 0 Å². The summed E-state index contributed by atoms with van der Waals surface area (Å²) in [5.41, 5.74) is 2.33. The topological polar surface area (TPSA) is 25.8 Å². The second kappa shape index (κ2) is 4.08. The van der Waals surface area contributed by atoms with Crippen LogP contribution in [-0.4, -0.2) is 9.36 Å². The first kappa shape index (κ1) is 10.3. The summed E-state index contributed by atoms with van der Waals surface area (Å²) in [5.74, 6) is 0. The monoisotopic (exact) mass is 332 g/mol. The van der Waals surface area contributed by atoms with Crippen LogP contribution >= 0.6 is 43.4 Å². The molecule has 2 rings (SSSR count). The van der Waals surface area contributed by atoms with Gasteiger partial charge in [0.25, 0.3) is 0 Å². The van der Waals surface area contributed by atoms with Crippen LogP contribution in [0.3, 0.4) is 0 Å². The number of aromatic nitrogens is 2. The summed E-state index contributed by atoms with van der Waals surface area (Å²) in [6.45, 7) is 2.07. The molecule has 2 nitrogen and oxygen atoms in total. The molecule has 0 amide bonds. The van der Waals surface area contributed by atoms with Gasteiger partial charge in [-0.1, -0.05) is 22.0 Å². The molecule has 0 N–H and O–H groups in total. The summed E-state index contributed by atoms with van der Waals surface area (Å²) in [6.07, 6.45) is 0. The van der Waals surface area contributed by atoms with Gasteiger partial charge in [0.15, 0.2) is 0 Å². The normalized spacial score (nSPS) is 10.5. The molecular formula is C9H6Br2N2S. The smallest absolute Gasteiger partial charge is 0.209 e. The average molecular weight is 334 g/mol. The Balaban J connectivity index is 2.55. The minimum absolute atomic E-state index is 0.650. The summed E-state index contributed by atoms with van der Waals surface area (Å²) in [7, 11) is 0. The van der Waals surface area contributed by atoms with Gasteiger partial charge in [-0.2, -0.15) is 4.37 Å². The van der Waals surface area contributed by atoms with E-state index in [4.69, 9.17) is 0 Å². The molecule has 0 aliphatic carbocycles. The second-order valence-corrected chi connectivity index (χ2v) is 5.20. The van der Waals surface area contributed by atoms with E-state index in [2.05, 4.69) is 60.3 Å². The van der Waals surface area contributed by atoms with Gasteiger partial charge in [0.2, 0.25) is 4.73 Å². The van der Waals surface area contributed by atoms with Gasteiger partial charge in [0.1, 0.15) is 5.01 Å². The van der Waals surface area contributed by atoms with Crippen molar-refractivity contribution in [1.29, 1.82) is 0 Å². The molecule has 0 saturated carbocycles. The summed E-state index contributed by atoms with van der Waals surface area (Å²) in [5, 5.41) is 0.940. The molecule has 0 aliphatic heterocycles. The fourth-order valence-electron chi connectivity index (χ4n) is 1.14. The number of hydrogen-bond acceptors (Lipinski definition) is 3. The van der Waals surface area contributed by atoms with E-state index in [0.717, 1.165) is 15.0 Å². The van der Waals surface area contributed by atoms with E-state index in [-0.39, 0.29) is 0 Å². The standard InChI is InChI=1S/C9H6Br2N2S/c1-5-2-3-6(10)4-7(5)8-12-9(11)13-14-8/h2-4H,1H3. The number of aryl methyl sites for hydroxylation is 1. The molecule has 0 saturated heterocycles. The number of benzene rings is 1. The van der Waals surface area contributed by atoms with Crippen molar-refractivity contribution in [3.05, 3.63) is 33.0 Å². The zero-order valence-electron chi connectivity index (χ0n) is 7.29. The molecule has 1 aromatic carbocycles. The second-order valence-electron chi connectivity index (χ2n) is 2.83. The average Bonchev–Trinajstić information content (AvgIpc) is 2.56. The largest absolute Gasteiger partial charge is 0.209 e. The van der Waals surface area contributed by atoms with Crippen LogP contribution in [-0.2, 0) is 0 Å². The number of nitrogens with zero attached hydrogens (tertiary/aromatic N) is 2. The van der Waals surface area contributed by atoms with Crippen LogP contribution in [0.1, 0.15) is 5.56 Å². The van der Waals surface area contributed by atoms with Crippen LogP contribution in [0, 0.1) is 6.92 Å². The first-order valence-electron chi connectivity index (χ1n) is 3.92. The lowest BCUT2D eigenvalue weighted by molar-refractivity contribution is 1.25. The highest BCUT2D eigenvalue weighted by Crippen LogP contribution is 2.28. The Labute approximate surface area is 103 Å². The van der Waals surface area contributed by atoms with Crippen molar-refractivity contribution in [3.8, 4) is 10.6 Å². The quantitative estimate of drug-likeness (QED) is 0.787. The van der Waals surface area contributed by atoms with Gasteiger partial charge in [-0.15, -0.1) is 0 Å². The van der Waals surface area contributed by atoms with E-state index in [1.165, 1.54) is 17.1 Å². The zero-order chi connectivity index (χ0) is 10.1. The summed E-state index contributed by atoms with van der Waals surface area (Å²) >= 11 is 8.09. The summed E-state index contributed by atoms with van der Waals surface area (Å²) in [6, 6.07) is 6.14. The van der Waals surface area contributed by atoms with Crippen molar-refractivity contribution in [2.75, 3.05) is 0 Å². The minimum atomic E-state index is 0.650. The van der Waals surface area contributed by atoms with Crippen molar-refractivity contribution in [1.82, 2.24) is 9.36 Å². The van der Waals surface area contributed by atoms with E-state index in [1.807, 2.05) is 6.07 Å². The molecule has 2 aromatic rings. The van der Waals surface area contributed by atoms with Crippen molar-refractivity contribution in [2.24, 2.45) is 0 Å². The lowest BCUT2D eigenvalue weighted by atomic mass is 10.1. The molecule has 0 fully saturated rings. The highest BCUT2D eigenvalue weighted by molar-refractivity contribution is 9.10. The summed E-state index contributed by atoms with van der Waals surface area (Å²) in [4.78, 5) is 4.29. The Kier molecular flexibility index (Phi) is 2.99. The molecule has 1 heterocycles. The third-order valence-corrected chi connectivity index (χ3v) is 3.66. The SMILES string of the molecule is Cc1ccc(Br)cc1-c1nc(Br)ns1. The van der Waals surface area contributed by atoms with Crippen LogP contribution in [0.25, 0.3) is 10.6 Å². The predicted molar refractivity (Wildman–Crippen MR) is 65.5 cm³/mol. The first-order chi connectivity index (χ1) is 6.66. The fourth-order valence-corrected chi connectivity index (χ4v) is 2.66. The molecule has 14 heavy (non-hydrogen) atoms. The van der Waals surface area contributed by atoms with E-state index in [0.29, 0.717) is 4.73 Å². The van der Waals surface area contributed by atoms with Gasteiger partial charge < -0.3 is 0 Å². The summed E-state index contributed by atoms with van der Waals surface area (Å²) < 4.78 is 5.81. The first-order valence-corrected chi connectivity index (χ1v) is 6.28. The fraction of sp³-hybridized carbons (Fsp3) is 0.111. The Morgan fingerprint density at radius 2 is 2.07 bits per heavy atom. The van der Waals surface area contributed by atoms with Crippen molar-refractivity contribution >= 4 is 43.4 Å². The van der Waals surface area contributed by atoms with Crippen molar-refractivity contribution in [2.45, 2.75) is 6.92 Å². The maximum Gasteiger partial charge on any atom is 0.209 e. The van der Waals surface area contributed by atoms with Crippen molar-refractivity contribution in [3.63, 3.8) is 0 Å². The maximum atomic E-state index is 4.29. The Bertz CT molecular complexity index is 468. The highest BCUT2D eigenvalue weighted by Gasteiger charge is 2.07. The van der Waals surface area contributed by atoms with E-state index < -0.39 is 0 Å². The lowest BCUT2D eigenvalue weighted by Crippen LogP contribution is -1.81. The molecule has 0 radical (unpaired) electrons. The van der Waals surface area contributed by atoms with Gasteiger partial charge in [0.05, 0.1) is 0 Å². The molecule has 72 valence electrons. The highest BCUT2D eigenvalue weighted by atomic mass is 79.9. The molecule has 5 heteroatoms. The molecule has 0 unspecified atom stereocenters. The Morgan fingerprint density at radius 3 is 2.71 bits per heavy atom. The van der Waals surface area contributed by atoms with Gasteiger partial charge in [-0.25, -0.2) is 4.98 Å². The number of halogens is 2. The Morgan fingerprint density at radius 1 is 1.29 bits per heavy atom. The van der Waals surface area contributed by atoms with Crippen LogP contribution < -0.4 is 0 Å². The Hall–Kier alpha value is -0.260. The molecule has 1 aromatic heterocycles. The van der Waals surface area contributed by atoms with Crippen LogP contribution in [0.4, 0.5) is 0 Å². The van der Waals surface area contributed by atoms with Gasteiger partial charge in [0, 0.05) is 10.0 Å². The third-order valence-electron chi connectivity index (χ3n) is 1.83. The van der Waals surface area contributed by atoms with Crippen molar-refractivity contribution < 1.29 is 0 Å².